The summed E-state index contributed by atoms with van der Waals surface area (Å²) in [6, 6.07) is 5.92. The summed E-state index contributed by atoms with van der Waals surface area (Å²) in [6.45, 7) is 0. The number of hydrogen-bond donors (Lipinski definition) is 0. The fraction of sp³-hybridized carbons (Fsp3) is 0. The third-order valence-corrected chi connectivity index (χ3v) is 4.09. The van der Waals surface area contributed by atoms with Gasteiger partial charge in [-0.1, -0.05) is 69.6 Å². The maximum absolute atomic E-state index is 5.96. The zero-order valence-electron chi connectivity index (χ0n) is 9.92. The van der Waals surface area contributed by atoms with Crippen LogP contribution < -0.4 is 4.91 Å². The molecule has 2 aromatic carbocycles. The molecule has 0 saturated heterocycles. The second-order valence-electron chi connectivity index (χ2n) is 3.73. The molecule has 3 nitrogen and oxygen atoms in total. The van der Waals surface area contributed by atoms with Crippen LogP contribution in [-0.2, 0) is 0 Å². The molecule has 0 aliphatic rings. The Morgan fingerprint density at radius 2 is 1.19 bits per heavy atom. The van der Waals surface area contributed by atoms with Crippen LogP contribution in [0.3, 0.4) is 0 Å². The van der Waals surface area contributed by atoms with Gasteiger partial charge in [-0.3, -0.25) is 0 Å². The number of halogens is 6. The van der Waals surface area contributed by atoms with Crippen molar-refractivity contribution in [3.8, 4) is 0 Å². The molecule has 0 aliphatic carbocycles. The van der Waals surface area contributed by atoms with Gasteiger partial charge in [-0.25, -0.2) is 0 Å². The Bertz CT molecular complexity index is 745. The van der Waals surface area contributed by atoms with Crippen molar-refractivity contribution in [3.05, 3.63) is 54.4 Å². The van der Waals surface area contributed by atoms with E-state index < -0.39 is 0 Å². The normalized spacial score (nSPS) is 10.2. The van der Waals surface area contributed by atoms with Gasteiger partial charge in [0, 0.05) is 5.02 Å². The van der Waals surface area contributed by atoms with Gasteiger partial charge in [0.1, 0.15) is 0 Å². The summed E-state index contributed by atoms with van der Waals surface area (Å²) in [5, 5.41) is 9.50. The van der Waals surface area contributed by atoms with E-state index in [2.05, 4.69) is 15.1 Å². The Hall–Kier alpha value is -0.510. The van der Waals surface area contributed by atoms with E-state index in [-0.39, 0.29) is 20.8 Å². The predicted molar refractivity (Wildman–Crippen MR) is 89.3 cm³/mol. The van der Waals surface area contributed by atoms with Crippen molar-refractivity contribution in [3.63, 3.8) is 0 Å². The molecular weight excluding hydrogens is 399 g/mol. The molecule has 0 aromatic heterocycles. The summed E-state index contributed by atoms with van der Waals surface area (Å²) in [6.07, 6.45) is 0. The van der Waals surface area contributed by atoms with Crippen molar-refractivity contribution in [2.24, 2.45) is 10.2 Å². The van der Waals surface area contributed by atoms with Crippen LogP contribution in [0.5, 0.6) is 0 Å². The zero-order valence-corrected chi connectivity index (χ0v) is 14.5. The molecular formula is C12H4Cl6N3+. The van der Waals surface area contributed by atoms with Crippen LogP contribution in [0.2, 0.25) is 30.1 Å². The first-order valence-corrected chi connectivity index (χ1v) is 7.56. The van der Waals surface area contributed by atoms with Crippen LogP contribution in [0.15, 0.2) is 34.5 Å². The Kier molecular flexibility index (Phi) is 5.75. The lowest BCUT2D eigenvalue weighted by atomic mass is 10.3. The van der Waals surface area contributed by atoms with E-state index in [1.165, 1.54) is 24.3 Å². The van der Waals surface area contributed by atoms with Gasteiger partial charge in [-0.05, 0) is 24.3 Å². The first-order chi connectivity index (χ1) is 9.88. The Labute approximate surface area is 150 Å². The van der Waals surface area contributed by atoms with Crippen LogP contribution >= 0.6 is 69.6 Å². The van der Waals surface area contributed by atoms with Crippen LogP contribution in [0.4, 0.5) is 11.4 Å². The van der Waals surface area contributed by atoms with E-state index in [1.54, 1.807) is 0 Å². The standard InChI is InChI=1S/C12H4Cl6N3/c13-5-1-9(17)12(10(18)2-5)20-21-19-11-4-7(15)6(14)3-8(11)16/h1-4H/q+1. The molecule has 0 fully saturated rings. The molecule has 9 heteroatoms. The smallest absolute Gasteiger partial charge is 0.0842 e. The van der Waals surface area contributed by atoms with E-state index in [0.717, 1.165) is 0 Å². The highest BCUT2D eigenvalue weighted by molar-refractivity contribution is 6.44. The SMILES string of the molecule is Clc1cc(Cl)c(N=[N+]=Nc2cc(Cl)c(Cl)cc2Cl)c(Cl)c1. The molecule has 0 spiro atoms. The summed E-state index contributed by atoms with van der Waals surface area (Å²) < 4.78 is 0. The molecule has 108 valence electrons. The van der Waals surface area contributed by atoms with Gasteiger partial charge in [0.2, 0.25) is 4.91 Å². The average Bonchev–Trinajstić information content (AvgIpc) is 2.38. The van der Waals surface area contributed by atoms with Gasteiger partial charge in [0.05, 0.1) is 25.1 Å². The molecule has 0 N–H and O–H groups in total. The highest BCUT2D eigenvalue weighted by Crippen LogP contribution is 2.36. The minimum Gasteiger partial charge on any atom is -0.0842 e. The van der Waals surface area contributed by atoms with Gasteiger partial charge < -0.3 is 0 Å². The van der Waals surface area contributed by atoms with Crippen LogP contribution in [0, 0.1) is 0 Å². The first-order valence-electron chi connectivity index (χ1n) is 5.29. The fourth-order valence-corrected chi connectivity index (χ4v) is 2.81. The second-order valence-corrected chi connectivity index (χ2v) is 6.20. The molecule has 2 rings (SSSR count). The van der Waals surface area contributed by atoms with Gasteiger partial charge in [-0.2, -0.15) is 0 Å². The lowest BCUT2D eigenvalue weighted by Gasteiger charge is -1.96. The number of hydrogen-bond acceptors (Lipinski definition) is 2. The average molecular weight is 403 g/mol. The van der Waals surface area contributed by atoms with Crippen molar-refractivity contribution in [1.82, 2.24) is 4.91 Å². The third-order valence-electron chi connectivity index (χ3n) is 2.27. The molecule has 0 bridgehead atoms. The third kappa shape index (κ3) is 4.24. The molecule has 0 amide bonds. The number of rotatable bonds is 2. The summed E-state index contributed by atoms with van der Waals surface area (Å²) in [4.78, 5) is 3.65. The number of nitrogens with zero attached hydrogens (tertiary/aromatic N) is 3. The van der Waals surface area contributed by atoms with Crippen LogP contribution in [0.25, 0.3) is 0 Å². The van der Waals surface area contributed by atoms with Crippen molar-refractivity contribution >= 4 is 81.0 Å². The van der Waals surface area contributed by atoms with Gasteiger partial charge >= 0.3 is 0 Å². The molecule has 2 aromatic rings. The maximum atomic E-state index is 5.96. The largest absolute Gasteiger partial charge is 0.229 e. The zero-order chi connectivity index (χ0) is 15.6. The Balaban J connectivity index is 2.40. The predicted octanol–water partition coefficient (Wildman–Crippen LogP) is 7.54. The lowest BCUT2D eigenvalue weighted by molar-refractivity contribution is 1.06. The van der Waals surface area contributed by atoms with Crippen molar-refractivity contribution in [2.75, 3.05) is 0 Å². The van der Waals surface area contributed by atoms with Gasteiger partial charge in [-0.15, -0.1) is 0 Å². The lowest BCUT2D eigenvalue weighted by Crippen LogP contribution is -1.75. The molecule has 21 heavy (non-hydrogen) atoms. The second kappa shape index (κ2) is 7.17. The summed E-state index contributed by atoms with van der Waals surface area (Å²) >= 11 is 35.4. The van der Waals surface area contributed by atoms with E-state index in [1.807, 2.05) is 0 Å². The van der Waals surface area contributed by atoms with E-state index in [4.69, 9.17) is 69.6 Å². The van der Waals surface area contributed by atoms with Crippen molar-refractivity contribution < 1.29 is 0 Å². The van der Waals surface area contributed by atoms with E-state index in [9.17, 15) is 0 Å². The quantitative estimate of drug-likeness (QED) is 0.282. The molecule has 0 unspecified atom stereocenters. The minimum atomic E-state index is 0.252. The fourth-order valence-electron chi connectivity index (χ4n) is 1.33. The molecule has 0 aliphatic heterocycles. The highest BCUT2D eigenvalue weighted by Gasteiger charge is 2.12. The van der Waals surface area contributed by atoms with E-state index >= 15 is 0 Å². The molecule has 0 saturated carbocycles. The first kappa shape index (κ1) is 16.9. The monoisotopic (exact) mass is 400 g/mol. The van der Waals surface area contributed by atoms with Crippen LogP contribution in [-0.4, -0.2) is 0 Å². The topological polar surface area (TPSA) is 38.8 Å². The van der Waals surface area contributed by atoms with Crippen molar-refractivity contribution in [2.45, 2.75) is 0 Å². The summed E-state index contributed by atoms with van der Waals surface area (Å²) in [5.41, 5.74) is 0.568. The summed E-state index contributed by atoms with van der Waals surface area (Å²) in [7, 11) is 0. The summed E-state index contributed by atoms with van der Waals surface area (Å²) in [5.74, 6) is 0. The Morgan fingerprint density at radius 1 is 0.619 bits per heavy atom. The minimum absolute atomic E-state index is 0.252. The van der Waals surface area contributed by atoms with Crippen LogP contribution in [0.1, 0.15) is 0 Å². The molecule has 0 atom stereocenters. The molecule has 0 radical (unpaired) electrons. The molecule has 0 heterocycles. The van der Waals surface area contributed by atoms with Gasteiger partial charge in [0.25, 0.3) is 0 Å². The highest BCUT2D eigenvalue weighted by atomic mass is 35.5. The number of benzene rings is 2. The van der Waals surface area contributed by atoms with E-state index in [0.29, 0.717) is 20.8 Å². The maximum Gasteiger partial charge on any atom is 0.229 e. The van der Waals surface area contributed by atoms with Gasteiger partial charge in [0.15, 0.2) is 21.6 Å². The Morgan fingerprint density at radius 3 is 1.81 bits per heavy atom. The van der Waals surface area contributed by atoms with Crippen molar-refractivity contribution in [1.29, 1.82) is 0 Å².